The Hall–Kier alpha value is -1.05. The van der Waals surface area contributed by atoms with Crippen molar-refractivity contribution in [2.45, 2.75) is 191 Å². The van der Waals surface area contributed by atoms with Gasteiger partial charge in [-0.15, -0.1) is 0 Å². The van der Waals surface area contributed by atoms with E-state index in [4.69, 9.17) is 28.4 Å². The molecule has 0 aromatic carbocycles. The Morgan fingerprint density at radius 2 is 1.51 bits per heavy atom. The lowest BCUT2D eigenvalue weighted by molar-refractivity contribution is -0.343. The van der Waals surface area contributed by atoms with Crippen LogP contribution in [0.15, 0.2) is 0 Å². The van der Waals surface area contributed by atoms with Crippen molar-refractivity contribution in [1.82, 2.24) is 9.80 Å². The highest BCUT2D eigenvalue weighted by Crippen LogP contribution is 2.42. The number of aliphatic hydroxyl groups excluding tert-OH is 3. The molecule has 0 aromatic heterocycles. The van der Waals surface area contributed by atoms with Crippen LogP contribution in [0.4, 0.5) is 0 Å². The zero-order chi connectivity index (χ0) is 40.6. The lowest BCUT2D eigenvalue weighted by Crippen LogP contribution is -2.67. The molecular formula is C38H72N2O13. The summed E-state index contributed by atoms with van der Waals surface area (Å²) in [5.74, 6) is -2.41. The zero-order valence-corrected chi connectivity index (χ0v) is 34.6. The van der Waals surface area contributed by atoms with Crippen molar-refractivity contribution < 1.29 is 63.9 Å². The Morgan fingerprint density at radius 3 is 2.06 bits per heavy atom. The van der Waals surface area contributed by atoms with Crippen LogP contribution >= 0.6 is 0 Å². The molecule has 3 fully saturated rings. The van der Waals surface area contributed by atoms with Crippen LogP contribution in [0, 0.1) is 11.8 Å². The highest BCUT2D eigenvalue weighted by atomic mass is 16.7. The quantitative estimate of drug-likeness (QED) is 0.201. The van der Waals surface area contributed by atoms with Gasteiger partial charge in [-0.3, -0.25) is 4.79 Å². The summed E-state index contributed by atoms with van der Waals surface area (Å²) in [6.07, 6.45) is -10.5. The highest BCUT2D eigenvalue weighted by molar-refractivity contribution is 5.73. The number of hydrogen-bond acceptors (Lipinski definition) is 15. The second-order valence-electron chi connectivity index (χ2n) is 17.4. The van der Waals surface area contributed by atoms with Crippen LogP contribution < -0.4 is 0 Å². The van der Waals surface area contributed by atoms with Gasteiger partial charge in [0, 0.05) is 32.2 Å². The predicted octanol–water partition coefficient (Wildman–Crippen LogP) is 1.02. The van der Waals surface area contributed by atoms with Crippen molar-refractivity contribution in [2.75, 3.05) is 34.8 Å². The van der Waals surface area contributed by atoms with Gasteiger partial charge in [-0.05, 0) is 102 Å². The third kappa shape index (κ3) is 10.1. The van der Waals surface area contributed by atoms with Gasteiger partial charge in [0.05, 0.1) is 29.3 Å². The van der Waals surface area contributed by atoms with Crippen molar-refractivity contribution in [2.24, 2.45) is 11.8 Å². The van der Waals surface area contributed by atoms with E-state index in [9.17, 15) is 35.4 Å². The number of rotatable bonds is 7. The Morgan fingerprint density at radius 1 is 0.906 bits per heavy atom. The molecule has 0 aromatic rings. The van der Waals surface area contributed by atoms with Gasteiger partial charge in [0.1, 0.15) is 47.8 Å². The lowest BCUT2D eigenvalue weighted by Gasteiger charge is -2.51. The van der Waals surface area contributed by atoms with Crippen LogP contribution in [0.3, 0.4) is 0 Å². The number of cyclic esters (lactones) is 1. The molecule has 53 heavy (non-hydrogen) atoms. The van der Waals surface area contributed by atoms with Crippen LogP contribution in [-0.4, -0.2) is 177 Å². The van der Waals surface area contributed by atoms with Gasteiger partial charge >= 0.3 is 5.97 Å². The minimum Gasteiger partial charge on any atom is -0.459 e. The summed E-state index contributed by atoms with van der Waals surface area (Å²) in [6.45, 7) is 16.8. The summed E-state index contributed by atoms with van der Waals surface area (Å²) in [5, 5.41) is 71.1. The molecule has 0 aliphatic carbocycles. The smallest absolute Gasteiger partial charge is 0.311 e. The SMILES string of the molecule is CC[C@H]1OC(=O)[C@H](C)[C@@H](O[C@H]2C[C@@](C)(OC)[C@@H](O)[C@H](C)O2)C(C)(O)[C@@H](O[C@@H]2O[C@H](C)C[C@H](N(C)C)[C@H]2O)[C@](C)(O)C[C@@H](C)CN(C)[C@H](C)[C@@H](O)[C@]1(C)O. The molecule has 3 rings (SSSR count). The second-order valence-corrected chi connectivity index (χ2v) is 17.4. The van der Waals surface area contributed by atoms with E-state index < -0.39 is 95.6 Å². The average molecular weight is 765 g/mol. The molecule has 3 aliphatic heterocycles. The van der Waals surface area contributed by atoms with E-state index in [1.807, 2.05) is 37.7 Å². The maximum absolute atomic E-state index is 14.2. The van der Waals surface area contributed by atoms with Gasteiger partial charge < -0.3 is 68.9 Å². The van der Waals surface area contributed by atoms with E-state index in [0.29, 0.717) is 13.0 Å². The summed E-state index contributed by atoms with van der Waals surface area (Å²) in [7, 11) is 6.93. The van der Waals surface area contributed by atoms with E-state index >= 15 is 0 Å². The normalized spacial score (nSPS) is 50.3. The van der Waals surface area contributed by atoms with Gasteiger partial charge in [0.2, 0.25) is 0 Å². The van der Waals surface area contributed by atoms with Crippen LogP contribution in [0.1, 0.15) is 94.9 Å². The number of methoxy groups -OCH3 is 1. The molecule has 15 heteroatoms. The molecule has 6 N–H and O–H groups in total. The number of aliphatic hydroxyl groups is 6. The molecule has 0 amide bonds. The monoisotopic (exact) mass is 765 g/mol. The largest absolute Gasteiger partial charge is 0.459 e. The molecule has 3 heterocycles. The molecule has 3 aliphatic rings. The highest BCUT2D eigenvalue weighted by Gasteiger charge is 2.58. The molecule has 15 nitrogen and oxygen atoms in total. The van der Waals surface area contributed by atoms with Crippen LogP contribution in [0.2, 0.25) is 0 Å². The van der Waals surface area contributed by atoms with Gasteiger partial charge in [-0.25, -0.2) is 0 Å². The fraction of sp³-hybridized carbons (Fsp3) is 0.974. The van der Waals surface area contributed by atoms with Crippen LogP contribution in [0.5, 0.6) is 0 Å². The number of ether oxygens (including phenoxy) is 6. The fourth-order valence-corrected chi connectivity index (χ4v) is 8.81. The van der Waals surface area contributed by atoms with Crippen LogP contribution in [-0.2, 0) is 33.2 Å². The van der Waals surface area contributed by atoms with Gasteiger partial charge in [0.15, 0.2) is 12.6 Å². The molecule has 0 spiro atoms. The average Bonchev–Trinajstić information content (AvgIpc) is 3.05. The van der Waals surface area contributed by atoms with E-state index in [1.165, 1.54) is 34.8 Å². The summed E-state index contributed by atoms with van der Waals surface area (Å²) in [5.41, 5.74) is -7.06. The molecular weight excluding hydrogens is 692 g/mol. The molecule has 3 saturated heterocycles. The van der Waals surface area contributed by atoms with Gasteiger partial charge in [-0.1, -0.05) is 13.8 Å². The fourth-order valence-electron chi connectivity index (χ4n) is 8.81. The summed E-state index contributed by atoms with van der Waals surface area (Å²) in [6, 6.07) is -0.957. The topological polar surface area (TPSA) is 200 Å². The van der Waals surface area contributed by atoms with Crippen molar-refractivity contribution in [3.63, 3.8) is 0 Å². The van der Waals surface area contributed by atoms with Crippen molar-refractivity contribution in [1.29, 1.82) is 0 Å². The number of carbonyl (C=O) groups excluding carboxylic acids is 1. The Labute approximate surface area is 316 Å². The maximum atomic E-state index is 14.2. The first-order valence-electron chi connectivity index (χ1n) is 19.2. The van der Waals surface area contributed by atoms with Crippen molar-refractivity contribution in [3.8, 4) is 0 Å². The van der Waals surface area contributed by atoms with Gasteiger partial charge in [0.25, 0.3) is 0 Å². The Bertz CT molecular complexity index is 1190. The van der Waals surface area contributed by atoms with Crippen LogP contribution in [0.25, 0.3) is 0 Å². The standard InChI is InChI=1S/C38H72N2O13/c1-15-26-37(9,46)29(42)23(5)40(13)19-20(2)17-35(7,45)34(53-33-28(41)25(39(11)12)16-21(3)49-33)38(10,47)31(22(4)32(44)51-26)52-27-18-36(8,48-14)30(43)24(6)50-27/h20-31,33-34,41-43,45-47H,15-19H2,1-14H3/t20-,21-,22-,23-,24+,25+,26-,27+,28-,29-,30+,31-,33+,34+,35-,36-,37-,38?/m1/s1. The first-order chi connectivity index (χ1) is 24.2. The summed E-state index contributed by atoms with van der Waals surface area (Å²) >= 11 is 0. The number of carbonyl (C=O) groups is 1. The first kappa shape index (κ1) is 46.3. The maximum Gasteiger partial charge on any atom is 0.311 e. The van der Waals surface area contributed by atoms with Gasteiger partial charge in [-0.2, -0.15) is 0 Å². The van der Waals surface area contributed by atoms with Crippen molar-refractivity contribution >= 4 is 5.97 Å². The minimum absolute atomic E-state index is 0.0114. The molecule has 0 bridgehead atoms. The summed E-state index contributed by atoms with van der Waals surface area (Å²) < 4.78 is 37.0. The number of nitrogens with zero attached hydrogens (tertiary/aromatic N) is 2. The first-order valence-corrected chi connectivity index (χ1v) is 19.2. The van der Waals surface area contributed by atoms with E-state index in [0.717, 1.165) is 0 Å². The zero-order valence-electron chi connectivity index (χ0n) is 34.6. The molecule has 1 unspecified atom stereocenters. The minimum atomic E-state index is -2.23. The predicted molar refractivity (Wildman–Crippen MR) is 196 cm³/mol. The molecule has 18 atom stereocenters. The third-order valence-electron chi connectivity index (χ3n) is 12.2. The van der Waals surface area contributed by atoms with Crippen molar-refractivity contribution in [3.05, 3.63) is 0 Å². The third-order valence-corrected chi connectivity index (χ3v) is 12.2. The number of likely N-dealkylation sites (N-methyl/N-ethyl adjacent to an activating group) is 2. The van der Waals surface area contributed by atoms with E-state index in [2.05, 4.69) is 0 Å². The number of hydrogen-bond donors (Lipinski definition) is 6. The van der Waals surface area contributed by atoms with E-state index in [-0.39, 0.29) is 37.3 Å². The molecule has 0 radical (unpaired) electrons. The lowest BCUT2D eigenvalue weighted by atomic mass is 9.74. The molecule has 312 valence electrons. The van der Waals surface area contributed by atoms with E-state index in [1.54, 1.807) is 34.7 Å². The second kappa shape index (κ2) is 17.6. The molecule has 0 saturated carbocycles. The Balaban J connectivity index is 2.23. The Kier molecular flexibility index (Phi) is 15.4. The number of esters is 1. The summed E-state index contributed by atoms with van der Waals surface area (Å²) in [4.78, 5) is 18.0.